The molecule has 2 heteroatoms. The van der Waals surface area contributed by atoms with Gasteiger partial charge in [-0.3, -0.25) is 4.79 Å². The van der Waals surface area contributed by atoms with E-state index in [-0.39, 0.29) is 6.42 Å². The average Bonchev–Trinajstić information content (AvgIpc) is 2.18. The lowest BCUT2D eigenvalue weighted by atomic mass is 10.1. The average molecular weight is 184 g/mol. The van der Waals surface area contributed by atoms with Gasteiger partial charge in [0.15, 0.2) is 0 Å². The third kappa shape index (κ3) is 3.05. The minimum atomic E-state index is -0.919. The largest absolute Gasteiger partial charge is 0.481 e. The smallest absolute Gasteiger partial charge is 0.315 e. The summed E-state index contributed by atoms with van der Waals surface area (Å²) in [5.41, 5.74) is 1.55. The van der Waals surface area contributed by atoms with Gasteiger partial charge in [-0.05, 0) is 24.3 Å². The molecule has 0 aliphatic heterocycles. The first kappa shape index (κ1) is 9.89. The summed E-state index contributed by atoms with van der Waals surface area (Å²) in [4.78, 5) is 10.2. The highest BCUT2D eigenvalue weighted by molar-refractivity contribution is 5.70. The van der Waals surface area contributed by atoms with E-state index >= 15 is 0 Å². The molecule has 0 aliphatic rings. The third-order valence-electron chi connectivity index (χ3n) is 1.52. The second kappa shape index (κ2) is 4.74. The Kier molecular flexibility index (Phi) is 3.35. The number of carboxylic acid groups (broad SMARTS) is 1. The van der Waals surface area contributed by atoms with E-state index in [0.29, 0.717) is 0 Å². The van der Waals surface area contributed by atoms with Gasteiger partial charge in [-0.1, -0.05) is 17.8 Å². The van der Waals surface area contributed by atoms with Gasteiger partial charge in [0.25, 0.3) is 0 Å². The predicted octanol–water partition coefficient (Wildman–Crippen LogP) is 1.49. The van der Waals surface area contributed by atoms with Gasteiger partial charge in [0.2, 0.25) is 0 Å². The van der Waals surface area contributed by atoms with Gasteiger partial charge in [0, 0.05) is 11.1 Å². The molecule has 0 atom stereocenters. The molecule has 0 radical (unpaired) electrons. The van der Waals surface area contributed by atoms with Crippen LogP contribution in [0.5, 0.6) is 0 Å². The van der Waals surface area contributed by atoms with Crippen molar-refractivity contribution in [2.75, 3.05) is 0 Å². The van der Waals surface area contributed by atoms with Crippen molar-refractivity contribution >= 4 is 5.97 Å². The Morgan fingerprint density at radius 3 is 2.36 bits per heavy atom. The maximum Gasteiger partial charge on any atom is 0.315 e. The minimum absolute atomic E-state index is 0.142. The number of rotatable bonds is 1. The van der Waals surface area contributed by atoms with Crippen molar-refractivity contribution in [1.29, 1.82) is 0 Å². The minimum Gasteiger partial charge on any atom is -0.481 e. The first-order valence-electron chi connectivity index (χ1n) is 3.99. The van der Waals surface area contributed by atoms with Crippen LogP contribution in [0, 0.1) is 24.2 Å². The van der Waals surface area contributed by atoms with Crippen molar-refractivity contribution in [2.24, 2.45) is 0 Å². The summed E-state index contributed by atoms with van der Waals surface area (Å²) >= 11 is 0. The Balaban J connectivity index is 2.73. The molecular weight excluding hydrogens is 176 g/mol. The zero-order valence-corrected chi connectivity index (χ0v) is 7.45. The van der Waals surface area contributed by atoms with Crippen LogP contribution in [-0.2, 0) is 4.79 Å². The summed E-state index contributed by atoms with van der Waals surface area (Å²) in [6.45, 7) is 0. The van der Waals surface area contributed by atoms with Crippen LogP contribution in [0.2, 0.25) is 0 Å². The monoisotopic (exact) mass is 184 g/mol. The summed E-state index contributed by atoms with van der Waals surface area (Å²) in [6.07, 6.45) is 5.03. The Bertz CT molecular complexity index is 424. The second-order valence-corrected chi connectivity index (χ2v) is 2.59. The van der Waals surface area contributed by atoms with E-state index in [1.807, 2.05) is 0 Å². The number of benzene rings is 1. The van der Waals surface area contributed by atoms with Crippen LogP contribution >= 0.6 is 0 Å². The lowest BCUT2D eigenvalue weighted by molar-refractivity contribution is -0.135. The lowest BCUT2D eigenvalue weighted by Gasteiger charge is -1.90. The van der Waals surface area contributed by atoms with Crippen molar-refractivity contribution in [1.82, 2.24) is 0 Å². The summed E-state index contributed by atoms with van der Waals surface area (Å²) in [6, 6.07) is 7.07. The summed E-state index contributed by atoms with van der Waals surface area (Å²) in [5.74, 6) is 6.83. The fourth-order valence-corrected chi connectivity index (χ4v) is 0.872. The van der Waals surface area contributed by atoms with Crippen molar-refractivity contribution in [2.45, 2.75) is 6.42 Å². The van der Waals surface area contributed by atoms with Gasteiger partial charge in [-0.15, -0.1) is 6.42 Å². The second-order valence-electron chi connectivity index (χ2n) is 2.59. The van der Waals surface area contributed by atoms with Crippen LogP contribution < -0.4 is 0 Å². The number of hydrogen-bond donors (Lipinski definition) is 1. The SMILES string of the molecule is C#Cc1ccc(C#CCC(=O)O)cc1. The van der Waals surface area contributed by atoms with Crippen molar-refractivity contribution in [3.8, 4) is 24.2 Å². The molecule has 0 aromatic heterocycles. The van der Waals surface area contributed by atoms with Gasteiger partial charge in [-0.25, -0.2) is 0 Å². The normalized spacial score (nSPS) is 8.21. The number of carboxylic acids is 1. The fraction of sp³-hybridized carbons (Fsp3) is 0.0833. The van der Waals surface area contributed by atoms with Crippen LogP contribution in [0.25, 0.3) is 0 Å². The lowest BCUT2D eigenvalue weighted by Crippen LogP contribution is -1.90. The Morgan fingerprint density at radius 2 is 1.86 bits per heavy atom. The number of carbonyl (C=O) groups is 1. The summed E-state index contributed by atoms with van der Waals surface area (Å²) in [7, 11) is 0. The van der Waals surface area contributed by atoms with Crippen LogP contribution in [0.1, 0.15) is 17.5 Å². The molecule has 1 N–H and O–H groups in total. The first-order valence-corrected chi connectivity index (χ1v) is 3.99. The van der Waals surface area contributed by atoms with E-state index in [4.69, 9.17) is 11.5 Å². The Morgan fingerprint density at radius 1 is 1.29 bits per heavy atom. The molecule has 1 aromatic rings. The summed E-state index contributed by atoms with van der Waals surface area (Å²) in [5, 5.41) is 8.34. The molecule has 0 saturated heterocycles. The standard InChI is InChI=1S/C12H8O2/c1-2-10-6-8-11(9-7-10)4-3-5-12(13)14/h1,6-9H,5H2,(H,13,14). The van der Waals surface area contributed by atoms with E-state index in [1.165, 1.54) is 0 Å². The summed E-state index contributed by atoms with van der Waals surface area (Å²) < 4.78 is 0. The number of hydrogen-bond acceptors (Lipinski definition) is 1. The molecule has 0 fully saturated rings. The maximum absolute atomic E-state index is 10.2. The van der Waals surface area contributed by atoms with Gasteiger partial charge >= 0.3 is 5.97 Å². The molecule has 0 bridgehead atoms. The highest BCUT2D eigenvalue weighted by atomic mass is 16.4. The van der Waals surface area contributed by atoms with E-state index in [0.717, 1.165) is 11.1 Å². The Hall–Kier alpha value is -2.19. The van der Waals surface area contributed by atoms with Gasteiger partial charge < -0.3 is 5.11 Å². The fourth-order valence-electron chi connectivity index (χ4n) is 0.872. The highest BCUT2D eigenvalue weighted by Crippen LogP contribution is 2.01. The van der Waals surface area contributed by atoms with Crippen molar-refractivity contribution in [3.05, 3.63) is 35.4 Å². The van der Waals surface area contributed by atoms with E-state index in [1.54, 1.807) is 24.3 Å². The molecule has 0 heterocycles. The molecule has 1 aromatic carbocycles. The van der Waals surface area contributed by atoms with E-state index in [2.05, 4.69) is 17.8 Å². The van der Waals surface area contributed by atoms with Crippen molar-refractivity contribution in [3.63, 3.8) is 0 Å². The van der Waals surface area contributed by atoms with Crippen molar-refractivity contribution < 1.29 is 9.90 Å². The maximum atomic E-state index is 10.2. The molecule has 0 spiro atoms. The van der Waals surface area contributed by atoms with E-state index < -0.39 is 5.97 Å². The van der Waals surface area contributed by atoms with Gasteiger partial charge in [0.05, 0.1) is 0 Å². The third-order valence-corrected chi connectivity index (χ3v) is 1.52. The topological polar surface area (TPSA) is 37.3 Å². The quantitative estimate of drug-likeness (QED) is 0.671. The molecule has 0 saturated carbocycles. The molecule has 1 rings (SSSR count). The number of terminal acetylenes is 1. The molecule has 14 heavy (non-hydrogen) atoms. The van der Waals surface area contributed by atoms with Gasteiger partial charge in [0.1, 0.15) is 6.42 Å². The molecule has 0 unspecified atom stereocenters. The van der Waals surface area contributed by atoms with E-state index in [9.17, 15) is 4.79 Å². The molecule has 68 valence electrons. The molecule has 0 aliphatic carbocycles. The Labute approximate surface area is 82.6 Å². The first-order chi connectivity index (χ1) is 6.72. The van der Waals surface area contributed by atoms with Gasteiger partial charge in [-0.2, -0.15) is 0 Å². The molecular formula is C12H8O2. The van der Waals surface area contributed by atoms with Crippen LogP contribution in [0.3, 0.4) is 0 Å². The predicted molar refractivity (Wildman–Crippen MR) is 53.5 cm³/mol. The van der Waals surface area contributed by atoms with Crippen LogP contribution in [0.15, 0.2) is 24.3 Å². The van der Waals surface area contributed by atoms with Crippen LogP contribution in [-0.4, -0.2) is 11.1 Å². The van der Waals surface area contributed by atoms with Crippen LogP contribution in [0.4, 0.5) is 0 Å². The number of aliphatic carboxylic acids is 1. The molecule has 2 nitrogen and oxygen atoms in total. The zero-order valence-electron chi connectivity index (χ0n) is 7.45. The molecule has 0 amide bonds. The highest BCUT2D eigenvalue weighted by Gasteiger charge is 1.90. The zero-order chi connectivity index (χ0) is 10.4.